The molecule has 132 valence electrons. The molecule has 0 bridgehead atoms. The van der Waals surface area contributed by atoms with Crippen LogP contribution >= 0.6 is 0 Å². The Hall–Kier alpha value is -2.81. The van der Waals surface area contributed by atoms with Crippen LogP contribution < -0.4 is 11.1 Å². The second kappa shape index (κ2) is 7.39. The summed E-state index contributed by atoms with van der Waals surface area (Å²) in [5, 5.41) is 6.47. The summed E-state index contributed by atoms with van der Waals surface area (Å²) in [5.41, 5.74) is 6.64. The van der Waals surface area contributed by atoms with Crippen molar-refractivity contribution in [2.45, 2.75) is 31.3 Å². The summed E-state index contributed by atoms with van der Waals surface area (Å²) < 4.78 is 5.19. The predicted molar refractivity (Wildman–Crippen MR) is 88.0 cm³/mol. The molecule has 9 nitrogen and oxygen atoms in total. The van der Waals surface area contributed by atoms with Crippen LogP contribution in [0.25, 0.3) is 11.4 Å². The molecule has 9 heteroatoms. The zero-order chi connectivity index (χ0) is 17.8. The highest BCUT2D eigenvalue weighted by Crippen LogP contribution is 2.19. The van der Waals surface area contributed by atoms with Crippen molar-refractivity contribution in [3.8, 4) is 11.4 Å². The highest BCUT2D eigenvalue weighted by Gasteiger charge is 2.37. The maximum Gasteiger partial charge on any atom is 0.242 e. The van der Waals surface area contributed by atoms with Crippen molar-refractivity contribution >= 4 is 11.8 Å². The molecular weight excluding hydrogens is 324 g/mol. The van der Waals surface area contributed by atoms with Gasteiger partial charge in [0, 0.05) is 50.4 Å². The number of likely N-dealkylation sites (tertiary alicyclic amines) is 1. The van der Waals surface area contributed by atoms with Crippen LogP contribution in [0.2, 0.25) is 0 Å². The molecule has 0 spiro atoms. The number of nitrogens with two attached hydrogens (primary N) is 1. The Kier molecular flexibility index (Phi) is 5.03. The fourth-order valence-corrected chi connectivity index (χ4v) is 2.89. The van der Waals surface area contributed by atoms with E-state index < -0.39 is 6.04 Å². The summed E-state index contributed by atoms with van der Waals surface area (Å²) >= 11 is 0. The van der Waals surface area contributed by atoms with Crippen LogP contribution in [-0.2, 0) is 16.0 Å². The summed E-state index contributed by atoms with van der Waals surface area (Å²) in [5.74, 6) is 0.454. The highest BCUT2D eigenvalue weighted by molar-refractivity contribution is 5.88. The van der Waals surface area contributed by atoms with Gasteiger partial charge in [0.05, 0.1) is 0 Å². The van der Waals surface area contributed by atoms with E-state index in [1.165, 1.54) is 4.90 Å². The third-order valence-corrected chi connectivity index (χ3v) is 4.14. The van der Waals surface area contributed by atoms with Gasteiger partial charge >= 0.3 is 0 Å². The van der Waals surface area contributed by atoms with Crippen LogP contribution in [0.3, 0.4) is 0 Å². The van der Waals surface area contributed by atoms with E-state index in [4.69, 9.17) is 10.3 Å². The Morgan fingerprint density at radius 3 is 3.04 bits per heavy atom. The molecule has 0 saturated carbocycles. The number of rotatable bonds is 5. The lowest BCUT2D eigenvalue weighted by Crippen LogP contribution is -2.45. The van der Waals surface area contributed by atoms with Crippen LogP contribution in [0, 0.1) is 0 Å². The summed E-state index contributed by atoms with van der Waals surface area (Å²) in [6.45, 7) is 0.377. The molecule has 3 N–H and O–H groups in total. The molecule has 0 aromatic carbocycles. The molecule has 1 fully saturated rings. The topological polar surface area (TPSA) is 127 Å². The maximum absolute atomic E-state index is 12.5. The van der Waals surface area contributed by atoms with Gasteiger partial charge in [-0.2, -0.15) is 4.98 Å². The first-order valence-corrected chi connectivity index (χ1v) is 8.08. The zero-order valence-corrected chi connectivity index (χ0v) is 13.9. The molecule has 1 aliphatic heterocycles. The summed E-state index contributed by atoms with van der Waals surface area (Å²) in [7, 11) is 1.55. The number of aryl methyl sites for hydroxylation is 1. The number of hydrogen-bond acceptors (Lipinski definition) is 7. The minimum atomic E-state index is -0.513. The van der Waals surface area contributed by atoms with Crippen molar-refractivity contribution in [1.82, 2.24) is 25.3 Å². The summed E-state index contributed by atoms with van der Waals surface area (Å²) in [6, 6.07) is 2.91. The number of pyridine rings is 1. The number of carbonyl (C=O) groups is 2. The summed E-state index contributed by atoms with van der Waals surface area (Å²) in [4.78, 5) is 34.2. The lowest BCUT2D eigenvalue weighted by atomic mass is 10.1. The third kappa shape index (κ3) is 3.82. The lowest BCUT2D eigenvalue weighted by Gasteiger charge is -2.22. The largest absolute Gasteiger partial charge is 0.357 e. The number of nitrogens with zero attached hydrogens (tertiary/aromatic N) is 4. The standard InChI is InChI=1S/C16H20N6O3/c1-18-16(24)12-7-11(17)9-22(12)14(23)5-4-13-20-15(21-25-13)10-3-2-6-19-8-10/h2-3,6,8,11-12H,4-5,7,9,17H2,1H3,(H,18,24)/t11-,12+/m1/s1. The van der Waals surface area contributed by atoms with E-state index in [9.17, 15) is 9.59 Å². The molecule has 1 saturated heterocycles. The number of amides is 2. The normalized spacial score (nSPS) is 19.8. The van der Waals surface area contributed by atoms with E-state index in [0.29, 0.717) is 31.1 Å². The van der Waals surface area contributed by atoms with Gasteiger partial charge in [0.2, 0.25) is 23.5 Å². The van der Waals surface area contributed by atoms with Crippen LogP contribution in [0.1, 0.15) is 18.7 Å². The quantitative estimate of drug-likeness (QED) is 0.765. The molecule has 0 radical (unpaired) electrons. The molecule has 3 heterocycles. The van der Waals surface area contributed by atoms with E-state index in [2.05, 4.69) is 20.4 Å². The minimum absolute atomic E-state index is 0.150. The SMILES string of the molecule is CNC(=O)[C@@H]1C[C@@H](N)CN1C(=O)CCc1nc(-c2cccnc2)no1. The van der Waals surface area contributed by atoms with Gasteiger partial charge < -0.3 is 20.5 Å². The van der Waals surface area contributed by atoms with Crippen LogP contribution in [0.4, 0.5) is 0 Å². The Bertz CT molecular complexity index is 747. The van der Waals surface area contributed by atoms with Crippen molar-refractivity contribution in [2.75, 3.05) is 13.6 Å². The van der Waals surface area contributed by atoms with E-state index in [0.717, 1.165) is 5.56 Å². The Balaban J connectivity index is 1.61. The molecule has 3 rings (SSSR count). The molecule has 2 aromatic heterocycles. The van der Waals surface area contributed by atoms with Crippen LogP contribution in [0.5, 0.6) is 0 Å². The van der Waals surface area contributed by atoms with Crippen molar-refractivity contribution in [1.29, 1.82) is 0 Å². The van der Waals surface area contributed by atoms with Crippen molar-refractivity contribution < 1.29 is 14.1 Å². The van der Waals surface area contributed by atoms with Crippen molar-refractivity contribution in [3.05, 3.63) is 30.4 Å². The number of nitrogens with one attached hydrogen (secondary N) is 1. The van der Waals surface area contributed by atoms with Gasteiger partial charge in [-0.25, -0.2) is 0 Å². The maximum atomic E-state index is 12.5. The van der Waals surface area contributed by atoms with Gasteiger partial charge in [-0.3, -0.25) is 14.6 Å². The Morgan fingerprint density at radius 2 is 2.32 bits per heavy atom. The molecule has 2 aromatic rings. The van der Waals surface area contributed by atoms with E-state index >= 15 is 0 Å². The molecule has 2 amide bonds. The van der Waals surface area contributed by atoms with Gasteiger partial charge in [-0.05, 0) is 18.6 Å². The van der Waals surface area contributed by atoms with E-state index in [-0.39, 0.29) is 24.3 Å². The predicted octanol–water partition coefficient (Wildman–Crippen LogP) is -0.262. The van der Waals surface area contributed by atoms with Crippen LogP contribution in [-0.4, -0.2) is 57.5 Å². The molecular formula is C16H20N6O3. The average Bonchev–Trinajstić information content (AvgIpc) is 3.26. The smallest absolute Gasteiger partial charge is 0.242 e. The van der Waals surface area contributed by atoms with Gasteiger partial charge in [0.15, 0.2) is 0 Å². The molecule has 2 atom stereocenters. The first-order valence-electron chi connectivity index (χ1n) is 8.08. The van der Waals surface area contributed by atoms with Gasteiger partial charge in [0.25, 0.3) is 0 Å². The Morgan fingerprint density at radius 1 is 1.48 bits per heavy atom. The summed E-state index contributed by atoms with van der Waals surface area (Å²) in [6.07, 6.45) is 4.25. The second-order valence-corrected chi connectivity index (χ2v) is 5.93. The van der Waals surface area contributed by atoms with Gasteiger partial charge in [-0.15, -0.1) is 0 Å². The zero-order valence-electron chi connectivity index (χ0n) is 13.9. The van der Waals surface area contributed by atoms with Crippen LogP contribution in [0.15, 0.2) is 29.0 Å². The molecule has 0 aliphatic carbocycles. The van der Waals surface area contributed by atoms with E-state index in [1.807, 2.05) is 6.07 Å². The first kappa shape index (κ1) is 17.0. The average molecular weight is 344 g/mol. The number of hydrogen-bond donors (Lipinski definition) is 2. The third-order valence-electron chi connectivity index (χ3n) is 4.14. The fourth-order valence-electron chi connectivity index (χ4n) is 2.89. The number of likely N-dealkylation sites (N-methyl/N-ethyl adjacent to an activating group) is 1. The second-order valence-electron chi connectivity index (χ2n) is 5.93. The molecule has 0 unspecified atom stereocenters. The van der Waals surface area contributed by atoms with E-state index in [1.54, 1.807) is 25.5 Å². The fraction of sp³-hybridized carbons (Fsp3) is 0.438. The minimum Gasteiger partial charge on any atom is -0.357 e. The molecule has 25 heavy (non-hydrogen) atoms. The number of aromatic nitrogens is 3. The number of carbonyl (C=O) groups excluding carboxylic acids is 2. The molecule has 1 aliphatic rings. The van der Waals surface area contributed by atoms with Crippen molar-refractivity contribution in [2.24, 2.45) is 5.73 Å². The monoisotopic (exact) mass is 344 g/mol. The van der Waals surface area contributed by atoms with Crippen molar-refractivity contribution in [3.63, 3.8) is 0 Å². The van der Waals surface area contributed by atoms with Gasteiger partial charge in [0.1, 0.15) is 6.04 Å². The highest BCUT2D eigenvalue weighted by atomic mass is 16.5. The first-order chi connectivity index (χ1) is 12.1. The Labute approximate surface area is 144 Å². The lowest BCUT2D eigenvalue weighted by molar-refractivity contribution is -0.138. The van der Waals surface area contributed by atoms with Gasteiger partial charge in [-0.1, -0.05) is 5.16 Å².